The second kappa shape index (κ2) is 6.75. The van der Waals surface area contributed by atoms with Gasteiger partial charge in [0.05, 0.1) is 19.9 Å². The highest BCUT2D eigenvalue weighted by molar-refractivity contribution is 5.69. The van der Waals surface area contributed by atoms with Gasteiger partial charge in [-0.05, 0) is 24.3 Å². The first-order valence-corrected chi connectivity index (χ1v) is 7.20. The first kappa shape index (κ1) is 15.4. The maximum Gasteiger partial charge on any atom is 0.237 e. The highest BCUT2D eigenvalue weighted by atomic mass is 16.5. The van der Waals surface area contributed by atoms with E-state index in [9.17, 15) is 5.26 Å². The van der Waals surface area contributed by atoms with Crippen molar-refractivity contribution in [2.75, 3.05) is 19.5 Å². The van der Waals surface area contributed by atoms with Crippen molar-refractivity contribution in [3.63, 3.8) is 0 Å². The Hall–Kier alpha value is -3.46. The van der Waals surface area contributed by atoms with Gasteiger partial charge in [0.15, 0.2) is 0 Å². The van der Waals surface area contributed by atoms with E-state index in [1.54, 1.807) is 32.4 Å². The third-order valence-electron chi connectivity index (χ3n) is 3.41. The fourth-order valence-corrected chi connectivity index (χ4v) is 2.22. The molecule has 6 nitrogen and oxygen atoms in total. The standard InChI is InChI=1S/C18H15N3O3/c1-22-13-8-9-16(23-2)14(10-13)20-18-15(11-19)21-17(24-18)12-6-4-3-5-7-12/h3-10,20H,1-2H3. The molecule has 0 spiro atoms. The van der Waals surface area contributed by atoms with Crippen molar-refractivity contribution in [2.24, 2.45) is 0 Å². The van der Waals surface area contributed by atoms with Crippen LogP contribution in [0.15, 0.2) is 52.9 Å². The van der Waals surface area contributed by atoms with Crippen molar-refractivity contribution in [2.45, 2.75) is 0 Å². The molecular weight excluding hydrogens is 306 g/mol. The van der Waals surface area contributed by atoms with E-state index in [4.69, 9.17) is 13.9 Å². The minimum absolute atomic E-state index is 0.165. The quantitative estimate of drug-likeness (QED) is 0.765. The van der Waals surface area contributed by atoms with E-state index in [-0.39, 0.29) is 11.6 Å². The van der Waals surface area contributed by atoms with Gasteiger partial charge in [-0.25, -0.2) is 0 Å². The van der Waals surface area contributed by atoms with Crippen LogP contribution >= 0.6 is 0 Å². The number of nitrogens with one attached hydrogen (secondary N) is 1. The molecule has 0 unspecified atom stereocenters. The molecule has 0 bridgehead atoms. The molecule has 6 heteroatoms. The van der Waals surface area contributed by atoms with Gasteiger partial charge in [-0.3, -0.25) is 0 Å². The highest BCUT2D eigenvalue weighted by Crippen LogP contribution is 2.34. The Morgan fingerprint density at radius 1 is 1.08 bits per heavy atom. The van der Waals surface area contributed by atoms with Crippen LogP contribution in [0.5, 0.6) is 11.5 Å². The summed E-state index contributed by atoms with van der Waals surface area (Å²) in [5.41, 5.74) is 1.57. The molecule has 1 aromatic heterocycles. The molecule has 3 aromatic rings. The van der Waals surface area contributed by atoms with Gasteiger partial charge in [0.25, 0.3) is 0 Å². The Bertz CT molecular complexity index is 882. The number of methoxy groups -OCH3 is 2. The van der Waals surface area contributed by atoms with E-state index >= 15 is 0 Å². The molecule has 0 aliphatic carbocycles. The van der Waals surface area contributed by atoms with Gasteiger partial charge in [0, 0.05) is 11.6 Å². The van der Waals surface area contributed by atoms with E-state index < -0.39 is 0 Å². The van der Waals surface area contributed by atoms with Crippen LogP contribution in [0.3, 0.4) is 0 Å². The SMILES string of the molecule is COc1ccc(OC)c(Nc2oc(-c3ccccc3)nc2C#N)c1. The zero-order valence-electron chi connectivity index (χ0n) is 13.2. The average Bonchev–Trinajstić information content (AvgIpc) is 3.05. The summed E-state index contributed by atoms with van der Waals surface area (Å²) in [6, 6.07) is 16.7. The number of aromatic nitrogens is 1. The Kier molecular flexibility index (Phi) is 4.34. The van der Waals surface area contributed by atoms with Crippen LogP contribution in [0.2, 0.25) is 0 Å². The number of nitriles is 1. The van der Waals surface area contributed by atoms with Crippen LogP contribution in [0, 0.1) is 11.3 Å². The summed E-state index contributed by atoms with van der Waals surface area (Å²) in [5, 5.41) is 12.4. The summed E-state index contributed by atoms with van der Waals surface area (Å²) >= 11 is 0. The molecule has 0 radical (unpaired) electrons. The van der Waals surface area contributed by atoms with Gasteiger partial charge in [0.2, 0.25) is 17.5 Å². The monoisotopic (exact) mass is 321 g/mol. The van der Waals surface area contributed by atoms with E-state index in [2.05, 4.69) is 10.3 Å². The topological polar surface area (TPSA) is 80.3 Å². The lowest BCUT2D eigenvalue weighted by Crippen LogP contribution is -1.96. The zero-order valence-corrected chi connectivity index (χ0v) is 13.2. The molecule has 0 saturated carbocycles. The maximum atomic E-state index is 9.32. The first-order valence-electron chi connectivity index (χ1n) is 7.20. The highest BCUT2D eigenvalue weighted by Gasteiger charge is 2.16. The second-order valence-corrected chi connectivity index (χ2v) is 4.87. The Labute approximate surface area is 139 Å². The van der Waals surface area contributed by atoms with Crippen LogP contribution in [-0.4, -0.2) is 19.2 Å². The van der Waals surface area contributed by atoms with E-state index in [1.165, 1.54) is 0 Å². The summed E-state index contributed by atoms with van der Waals surface area (Å²) in [6.45, 7) is 0. The molecule has 0 atom stereocenters. The number of hydrogen-bond acceptors (Lipinski definition) is 6. The van der Waals surface area contributed by atoms with Gasteiger partial charge in [-0.15, -0.1) is 0 Å². The number of anilines is 2. The van der Waals surface area contributed by atoms with Crippen LogP contribution in [0.4, 0.5) is 11.6 Å². The predicted molar refractivity (Wildman–Crippen MR) is 89.5 cm³/mol. The van der Waals surface area contributed by atoms with Crippen LogP contribution in [-0.2, 0) is 0 Å². The zero-order chi connectivity index (χ0) is 16.9. The lowest BCUT2D eigenvalue weighted by molar-refractivity contribution is 0.404. The van der Waals surface area contributed by atoms with Crippen molar-refractivity contribution in [1.29, 1.82) is 5.26 Å². The summed E-state index contributed by atoms with van der Waals surface area (Å²) in [7, 11) is 3.14. The van der Waals surface area contributed by atoms with E-state index in [1.807, 2.05) is 36.4 Å². The largest absolute Gasteiger partial charge is 0.497 e. The van der Waals surface area contributed by atoms with Gasteiger partial charge in [-0.2, -0.15) is 10.2 Å². The van der Waals surface area contributed by atoms with Gasteiger partial charge in [-0.1, -0.05) is 18.2 Å². The minimum Gasteiger partial charge on any atom is -0.497 e. The summed E-state index contributed by atoms with van der Waals surface area (Å²) in [5.74, 6) is 1.87. The van der Waals surface area contributed by atoms with Crippen molar-refractivity contribution < 1.29 is 13.9 Å². The molecule has 120 valence electrons. The Morgan fingerprint density at radius 2 is 1.88 bits per heavy atom. The molecule has 24 heavy (non-hydrogen) atoms. The Balaban J connectivity index is 1.99. The first-order chi connectivity index (χ1) is 11.7. The molecule has 0 saturated heterocycles. The minimum atomic E-state index is 0.165. The third-order valence-corrected chi connectivity index (χ3v) is 3.41. The maximum absolute atomic E-state index is 9.32. The number of rotatable bonds is 5. The van der Waals surface area contributed by atoms with E-state index in [0.29, 0.717) is 23.1 Å². The molecular formula is C18H15N3O3. The fraction of sp³-hybridized carbons (Fsp3) is 0.111. The van der Waals surface area contributed by atoms with Crippen molar-refractivity contribution in [3.8, 4) is 29.0 Å². The number of benzene rings is 2. The van der Waals surface area contributed by atoms with E-state index in [0.717, 1.165) is 5.56 Å². The van der Waals surface area contributed by atoms with Gasteiger partial charge >= 0.3 is 0 Å². The fourth-order valence-electron chi connectivity index (χ4n) is 2.22. The predicted octanol–water partition coefficient (Wildman–Crippen LogP) is 3.97. The molecule has 2 aromatic carbocycles. The molecule has 0 amide bonds. The van der Waals surface area contributed by atoms with Gasteiger partial charge < -0.3 is 19.2 Å². The lowest BCUT2D eigenvalue weighted by Gasteiger charge is -2.10. The number of hydrogen-bond donors (Lipinski definition) is 1. The van der Waals surface area contributed by atoms with Crippen LogP contribution < -0.4 is 14.8 Å². The summed E-state index contributed by atoms with van der Waals surface area (Å²) in [6.07, 6.45) is 0. The van der Waals surface area contributed by atoms with Crippen molar-refractivity contribution in [3.05, 3.63) is 54.2 Å². The van der Waals surface area contributed by atoms with Crippen LogP contribution in [0.1, 0.15) is 5.69 Å². The lowest BCUT2D eigenvalue weighted by atomic mass is 10.2. The number of oxazole rings is 1. The molecule has 3 rings (SSSR count). The van der Waals surface area contributed by atoms with Crippen LogP contribution in [0.25, 0.3) is 11.5 Å². The second-order valence-electron chi connectivity index (χ2n) is 4.87. The number of ether oxygens (including phenoxy) is 2. The number of nitrogens with zero attached hydrogens (tertiary/aromatic N) is 2. The smallest absolute Gasteiger partial charge is 0.237 e. The van der Waals surface area contributed by atoms with Gasteiger partial charge in [0.1, 0.15) is 17.6 Å². The molecule has 0 aliphatic heterocycles. The molecule has 1 heterocycles. The molecule has 1 N–H and O–H groups in total. The normalized spacial score (nSPS) is 10.0. The third kappa shape index (κ3) is 3.01. The molecule has 0 aliphatic rings. The van der Waals surface area contributed by atoms with Crippen molar-refractivity contribution >= 4 is 11.6 Å². The molecule has 0 fully saturated rings. The summed E-state index contributed by atoms with van der Waals surface area (Å²) in [4.78, 5) is 4.23. The summed E-state index contributed by atoms with van der Waals surface area (Å²) < 4.78 is 16.3. The average molecular weight is 321 g/mol. The Morgan fingerprint density at radius 3 is 2.54 bits per heavy atom. The van der Waals surface area contributed by atoms with Crippen molar-refractivity contribution in [1.82, 2.24) is 4.98 Å².